The maximum Gasteiger partial charge on any atom is 0.411 e. The van der Waals surface area contributed by atoms with Gasteiger partial charge >= 0.3 is 6.09 Å². The highest BCUT2D eigenvalue weighted by atomic mass is 16.5. The smallest absolute Gasteiger partial charge is 0.411 e. The second-order valence-electron chi connectivity index (χ2n) is 7.06. The largest absolute Gasteiger partial charge is 0.449 e. The van der Waals surface area contributed by atoms with Gasteiger partial charge in [0.1, 0.15) is 5.82 Å². The molecule has 7 nitrogen and oxygen atoms in total. The summed E-state index contributed by atoms with van der Waals surface area (Å²) in [5.74, 6) is 0.967. The van der Waals surface area contributed by atoms with Crippen molar-refractivity contribution in [2.24, 2.45) is 0 Å². The van der Waals surface area contributed by atoms with Gasteiger partial charge in [0.25, 0.3) is 0 Å². The zero-order valence-corrected chi connectivity index (χ0v) is 16.0. The normalized spacial score (nSPS) is 14.7. The number of nitrogens with one attached hydrogen (secondary N) is 2. The zero-order valence-electron chi connectivity index (χ0n) is 16.0. The second kappa shape index (κ2) is 8.40. The number of aromatic nitrogens is 2. The van der Waals surface area contributed by atoms with E-state index in [1.165, 1.54) is 12.8 Å². The average molecular weight is 359 g/mol. The molecule has 142 valence electrons. The van der Waals surface area contributed by atoms with Gasteiger partial charge in [0.05, 0.1) is 35.6 Å². The minimum Gasteiger partial charge on any atom is -0.449 e. The number of benzene rings is 1. The van der Waals surface area contributed by atoms with Gasteiger partial charge in [-0.1, -0.05) is 13.3 Å². The van der Waals surface area contributed by atoms with Crippen molar-refractivity contribution in [2.45, 2.75) is 39.2 Å². The lowest BCUT2D eigenvalue weighted by molar-refractivity contribution is 0.160. The first-order valence-corrected chi connectivity index (χ1v) is 9.43. The predicted octanol–water partition coefficient (Wildman–Crippen LogP) is 3.57. The summed E-state index contributed by atoms with van der Waals surface area (Å²) in [7, 11) is 3.90. The number of carbonyl (C=O) groups excluding carboxylic acids is 1. The standard InChI is InChI=1S/C19H29N5O2/c1-4-5-10-26-19(25)22-16-11-14-15(12-17(16)23(2)3)21-18(20-14)13-24-8-6-7-9-24/h11-12H,4-10,13H2,1-3H3,(H,20,21)(H,22,25). The fraction of sp³-hybridized carbons (Fsp3) is 0.579. The quantitative estimate of drug-likeness (QED) is 0.739. The molecule has 2 aromatic rings. The Bertz CT molecular complexity index is 750. The Labute approximate surface area is 154 Å². The van der Waals surface area contributed by atoms with Crippen LogP contribution >= 0.6 is 0 Å². The van der Waals surface area contributed by atoms with Gasteiger partial charge < -0.3 is 14.6 Å². The van der Waals surface area contributed by atoms with E-state index in [0.29, 0.717) is 6.61 Å². The summed E-state index contributed by atoms with van der Waals surface area (Å²) in [6.45, 7) is 5.61. The number of hydrogen-bond acceptors (Lipinski definition) is 5. The molecule has 0 aliphatic carbocycles. The summed E-state index contributed by atoms with van der Waals surface area (Å²) in [4.78, 5) is 24.6. The highest BCUT2D eigenvalue weighted by Gasteiger charge is 2.16. The lowest BCUT2D eigenvalue weighted by Crippen LogP contribution is -2.19. The summed E-state index contributed by atoms with van der Waals surface area (Å²) in [5, 5.41) is 2.86. The third kappa shape index (κ3) is 4.46. The molecule has 0 spiro atoms. The van der Waals surface area contributed by atoms with E-state index < -0.39 is 6.09 Å². The molecule has 2 heterocycles. The molecule has 2 N–H and O–H groups in total. The number of ether oxygens (including phenoxy) is 1. The summed E-state index contributed by atoms with van der Waals surface area (Å²) in [6, 6.07) is 3.94. The molecule has 0 radical (unpaired) electrons. The number of nitrogens with zero attached hydrogens (tertiary/aromatic N) is 3. The number of carbonyl (C=O) groups is 1. The van der Waals surface area contributed by atoms with Gasteiger partial charge in [-0.05, 0) is 44.5 Å². The molecule has 0 atom stereocenters. The maximum atomic E-state index is 12.0. The average Bonchev–Trinajstić information content (AvgIpc) is 3.23. The van der Waals surface area contributed by atoms with Gasteiger partial charge in [-0.3, -0.25) is 10.2 Å². The Morgan fingerprint density at radius 1 is 1.35 bits per heavy atom. The number of rotatable bonds is 7. The lowest BCUT2D eigenvalue weighted by Gasteiger charge is -2.18. The van der Waals surface area contributed by atoms with Gasteiger partial charge in [-0.2, -0.15) is 0 Å². The van der Waals surface area contributed by atoms with Crippen molar-refractivity contribution in [1.29, 1.82) is 0 Å². The van der Waals surface area contributed by atoms with E-state index >= 15 is 0 Å². The van der Waals surface area contributed by atoms with E-state index in [4.69, 9.17) is 9.72 Å². The van der Waals surface area contributed by atoms with E-state index in [1.54, 1.807) is 0 Å². The number of amides is 1. The molecule has 3 rings (SSSR count). The van der Waals surface area contributed by atoms with Crippen LogP contribution in [0.4, 0.5) is 16.2 Å². The monoisotopic (exact) mass is 359 g/mol. The third-order valence-electron chi connectivity index (χ3n) is 4.67. The highest BCUT2D eigenvalue weighted by Crippen LogP contribution is 2.30. The van der Waals surface area contributed by atoms with E-state index in [9.17, 15) is 4.79 Å². The first-order chi connectivity index (χ1) is 12.6. The van der Waals surface area contributed by atoms with Crippen LogP contribution in [0.5, 0.6) is 0 Å². The minimum absolute atomic E-state index is 0.419. The van der Waals surface area contributed by atoms with Gasteiger partial charge in [0, 0.05) is 14.1 Å². The summed E-state index contributed by atoms with van der Waals surface area (Å²) >= 11 is 0. The van der Waals surface area contributed by atoms with Crippen LogP contribution in [0.2, 0.25) is 0 Å². The van der Waals surface area contributed by atoms with E-state index in [2.05, 4.69) is 22.1 Å². The summed E-state index contributed by atoms with van der Waals surface area (Å²) < 4.78 is 5.23. The van der Waals surface area contributed by atoms with Crippen molar-refractivity contribution in [1.82, 2.24) is 14.9 Å². The number of H-pyrrole nitrogens is 1. The molecule has 26 heavy (non-hydrogen) atoms. The molecule has 1 amide bonds. The molecule has 0 saturated carbocycles. The number of fused-ring (bicyclic) bond motifs is 1. The van der Waals surface area contributed by atoms with E-state index in [-0.39, 0.29) is 0 Å². The van der Waals surface area contributed by atoms with Crippen molar-refractivity contribution in [3.05, 3.63) is 18.0 Å². The van der Waals surface area contributed by atoms with Crippen LogP contribution < -0.4 is 10.2 Å². The molecular formula is C19H29N5O2. The van der Waals surface area contributed by atoms with Crippen molar-refractivity contribution < 1.29 is 9.53 Å². The minimum atomic E-state index is -0.419. The number of imidazole rings is 1. The van der Waals surface area contributed by atoms with Crippen LogP contribution in [-0.2, 0) is 11.3 Å². The van der Waals surface area contributed by atoms with Gasteiger partial charge in [0.15, 0.2) is 0 Å². The van der Waals surface area contributed by atoms with Crippen molar-refractivity contribution in [2.75, 3.05) is 44.0 Å². The van der Waals surface area contributed by atoms with Crippen LogP contribution in [0.1, 0.15) is 38.4 Å². The van der Waals surface area contributed by atoms with Crippen LogP contribution in [0.25, 0.3) is 11.0 Å². The number of likely N-dealkylation sites (tertiary alicyclic amines) is 1. The van der Waals surface area contributed by atoms with E-state index in [0.717, 1.165) is 60.7 Å². The van der Waals surface area contributed by atoms with Crippen LogP contribution in [0.15, 0.2) is 12.1 Å². The highest BCUT2D eigenvalue weighted by molar-refractivity contribution is 5.95. The molecule has 1 aliphatic heterocycles. The number of aromatic amines is 1. The summed E-state index contributed by atoms with van der Waals surface area (Å²) in [5.41, 5.74) is 3.46. The van der Waals surface area contributed by atoms with Crippen molar-refractivity contribution >= 4 is 28.5 Å². The second-order valence-corrected chi connectivity index (χ2v) is 7.06. The van der Waals surface area contributed by atoms with Gasteiger partial charge in [-0.15, -0.1) is 0 Å². The molecule has 0 unspecified atom stereocenters. The molecule has 7 heteroatoms. The fourth-order valence-corrected chi connectivity index (χ4v) is 3.25. The third-order valence-corrected chi connectivity index (χ3v) is 4.67. The lowest BCUT2D eigenvalue weighted by atomic mass is 10.2. The predicted molar refractivity (Wildman–Crippen MR) is 105 cm³/mol. The Hall–Kier alpha value is -2.28. The molecule has 1 aliphatic rings. The molecule has 1 saturated heterocycles. The molecule has 1 aromatic carbocycles. The SMILES string of the molecule is CCCCOC(=O)Nc1cc2[nH]c(CN3CCCC3)nc2cc1N(C)C. The molecule has 0 bridgehead atoms. The van der Waals surface area contributed by atoms with Gasteiger partial charge in [0.2, 0.25) is 0 Å². The number of unbranched alkanes of at least 4 members (excludes halogenated alkanes) is 1. The summed E-state index contributed by atoms with van der Waals surface area (Å²) in [6.07, 6.45) is 3.97. The molecule has 1 fully saturated rings. The Morgan fingerprint density at radius 3 is 2.81 bits per heavy atom. The van der Waals surface area contributed by atoms with Gasteiger partial charge in [-0.25, -0.2) is 9.78 Å². The fourth-order valence-electron chi connectivity index (χ4n) is 3.25. The topological polar surface area (TPSA) is 73.5 Å². The first-order valence-electron chi connectivity index (χ1n) is 9.43. The molecule has 1 aromatic heterocycles. The zero-order chi connectivity index (χ0) is 18.5. The Morgan fingerprint density at radius 2 is 2.12 bits per heavy atom. The van der Waals surface area contributed by atoms with Crippen molar-refractivity contribution in [3.8, 4) is 0 Å². The van der Waals surface area contributed by atoms with Crippen LogP contribution in [0, 0.1) is 0 Å². The van der Waals surface area contributed by atoms with Crippen LogP contribution in [0.3, 0.4) is 0 Å². The van der Waals surface area contributed by atoms with Crippen LogP contribution in [-0.4, -0.2) is 54.8 Å². The Kier molecular flexibility index (Phi) is 5.98. The van der Waals surface area contributed by atoms with Crippen molar-refractivity contribution in [3.63, 3.8) is 0 Å². The molecular weight excluding hydrogens is 330 g/mol. The van der Waals surface area contributed by atoms with E-state index in [1.807, 2.05) is 31.1 Å². The first kappa shape index (κ1) is 18.5. The maximum absolute atomic E-state index is 12.0. The number of anilines is 2. The number of hydrogen-bond donors (Lipinski definition) is 2. The Balaban J connectivity index is 1.79.